The predicted molar refractivity (Wildman–Crippen MR) is 97.4 cm³/mol. The molecule has 0 aliphatic heterocycles. The van der Waals surface area contributed by atoms with Crippen LogP contribution in [0.5, 0.6) is 0 Å². The van der Waals surface area contributed by atoms with E-state index in [0.29, 0.717) is 17.3 Å². The second kappa shape index (κ2) is 7.96. The molecule has 0 spiro atoms. The lowest BCUT2D eigenvalue weighted by molar-refractivity contribution is -0.604. The van der Waals surface area contributed by atoms with Crippen LogP contribution in [0.1, 0.15) is 19.5 Å². The van der Waals surface area contributed by atoms with Gasteiger partial charge < -0.3 is 14.7 Å². The highest BCUT2D eigenvalue weighted by Crippen LogP contribution is 2.34. The minimum Gasteiger partial charge on any atom is -0.619 e. The van der Waals surface area contributed by atoms with Gasteiger partial charge in [-0.15, -0.1) is 0 Å². The number of carbonyl (C=O) groups is 1. The van der Waals surface area contributed by atoms with Crippen LogP contribution in [0.15, 0.2) is 24.5 Å². The minimum atomic E-state index is -1.02. The molecule has 0 aromatic carbocycles. The minimum absolute atomic E-state index is 0.0575. The lowest BCUT2D eigenvalue weighted by atomic mass is 10.2. The van der Waals surface area contributed by atoms with Crippen molar-refractivity contribution in [3.63, 3.8) is 0 Å². The highest BCUT2D eigenvalue weighted by molar-refractivity contribution is 7.90. The van der Waals surface area contributed by atoms with E-state index in [-0.39, 0.29) is 11.8 Å². The largest absolute Gasteiger partial charge is 0.619 e. The van der Waals surface area contributed by atoms with Crippen LogP contribution in [0.3, 0.4) is 0 Å². The Labute approximate surface area is 148 Å². The molecule has 130 valence electrons. The maximum atomic E-state index is 12.7. The number of aromatic nitrogens is 2. The lowest BCUT2D eigenvalue weighted by Crippen LogP contribution is -2.37. The van der Waals surface area contributed by atoms with E-state index >= 15 is 0 Å². The van der Waals surface area contributed by atoms with Gasteiger partial charge in [0, 0.05) is 12.6 Å². The van der Waals surface area contributed by atoms with Crippen LogP contribution < -0.4 is 9.63 Å². The van der Waals surface area contributed by atoms with Crippen molar-refractivity contribution in [3.8, 4) is 10.6 Å². The third-order valence-electron chi connectivity index (χ3n) is 3.53. The fourth-order valence-corrected chi connectivity index (χ4v) is 4.41. The molecule has 0 bridgehead atoms. The van der Waals surface area contributed by atoms with Crippen LogP contribution in [-0.4, -0.2) is 34.0 Å². The Hall–Kier alpha value is -1.64. The Balaban J connectivity index is 2.31. The van der Waals surface area contributed by atoms with Crippen molar-refractivity contribution in [2.45, 2.75) is 20.8 Å². The van der Waals surface area contributed by atoms with Crippen LogP contribution in [0.4, 0.5) is 5.00 Å². The number of thiazole rings is 1. The van der Waals surface area contributed by atoms with Gasteiger partial charge in [0.1, 0.15) is 15.8 Å². The maximum Gasteiger partial charge on any atom is 0.235 e. The molecule has 2 unspecified atom stereocenters. The normalized spacial score (nSPS) is 13.5. The van der Waals surface area contributed by atoms with Gasteiger partial charge in [-0.3, -0.25) is 4.79 Å². The summed E-state index contributed by atoms with van der Waals surface area (Å²) in [7, 11) is 0. The van der Waals surface area contributed by atoms with Crippen molar-refractivity contribution < 1.29 is 14.1 Å². The highest BCUT2D eigenvalue weighted by atomic mass is 32.2. The molecule has 2 aromatic heterocycles. The molecule has 0 N–H and O–H groups in total. The van der Waals surface area contributed by atoms with E-state index in [4.69, 9.17) is 0 Å². The molecule has 0 fully saturated rings. The second-order valence-corrected chi connectivity index (χ2v) is 8.04. The van der Waals surface area contributed by atoms with E-state index in [2.05, 4.69) is 4.98 Å². The fraction of sp³-hybridized carbons (Fsp3) is 0.438. The number of anilines is 1. The number of rotatable bonds is 6. The van der Waals surface area contributed by atoms with Gasteiger partial charge in [0.15, 0.2) is 12.4 Å². The summed E-state index contributed by atoms with van der Waals surface area (Å²) in [5.74, 6) is -0.0336. The van der Waals surface area contributed by atoms with Crippen molar-refractivity contribution in [3.05, 3.63) is 35.4 Å². The summed E-state index contributed by atoms with van der Waals surface area (Å²) >= 11 is 0.364. The third kappa shape index (κ3) is 4.25. The van der Waals surface area contributed by atoms with E-state index < -0.39 is 11.2 Å². The zero-order valence-electron chi connectivity index (χ0n) is 14.2. The molecule has 2 rings (SSSR count). The van der Waals surface area contributed by atoms with Gasteiger partial charge in [-0.2, -0.15) is 4.73 Å². The maximum absolute atomic E-state index is 12.7. The first kappa shape index (κ1) is 18.7. The Morgan fingerprint density at radius 1 is 1.54 bits per heavy atom. The number of hydrogen-bond donors (Lipinski definition) is 0. The zero-order valence-corrected chi connectivity index (χ0v) is 15.8. The van der Waals surface area contributed by atoms with Crippen LogP contribution in [0.2, 0.25) is 0 Å². The summed E-state index contributed by atoms with van der Waals surface area (Å²) in [5.41, 5.74) is 1.47. The molecule has 24 heavy (non-hydrogen) atoms. The molecule has 1 amide bonds. The number of carbonyl (C=O) groups excluding carboxylic acids is 1. The second-order valence-electron chi connectivity index (χ2n) is 5.59. The van der Waals surface area contributed by atoms with E-state index in [9.17, 15) is 14.6 Å². The molecule has 0 aliphatic rings. The van der Waals surface area contributed by atoms with Crippen LogP contribution >= 0.6 is 11.3 Å². The molecule has 8 heteroatoms. The van der Waals surface area contributed by atoms with Gasteiger partial charge in [0.25, 0.3) is 0 Å². The Morgan fingerprint density at radius 3 is 2.83 bits per heavy atom. The smallest absolute Gasteiger partial charge is 0.235 e. The van der Waals surface area contributed by atoms with Gasteiger partial charge in [0.05, 0.1) is 23.4 Å². The molecule has 2 heterocycles. The Bertz CT molecular complexity index is 718. The monoisotopic (exact) mass is 367 g/mol. The number of amides is 1. The van der Waals surface area contributed by atoms with Gasteiger partial charge in [0.2, 0.25) is 5.91 Å². The topological polar surface area (TPSA) is 83.2 Å². The van der Waals surface area contributed by atoms with Crippen molar-refractivity contribution in [1.29, 1.82) is 0 Å². The molecule has 0 aliphatic carbocycles. The number of nitrogens with zero attached hydrogens (tertiary/aromatic N) is 3. The van der Waals surface area contributed by atoms with Crippen LogP contribution in [-0.2, 0) is 16.0 Å². The Kier molecular flexibility index (Phi) is 6.20. The average molecular weight is 367 g/mol. The molecular formula is C16H21N3O3S2. The summed E-state index contributed by atoms with van der Waals surface area (Å²) in [4.78, 5) is 18.9. The summed E-state index contributed by atoms with van der Waals surface area (Å²) in [6.45, 7) is 6.06. The Morgan fingerprint density at radius 2 is 2.25 bits per heavy atom. The first-order valence-electron chi connectivity index (χ1n) is 7.61. The molecule has 0 saturated carbocycles. The summed E-state index contributed by atoms with van der Waals surface area (Å²) < 4.78 is 12.1. The summed E-state index contributed by atoms with van der Waals surface area (Å²) in [6, 6.07) is 3.48. The first-order valence-corrected chi connectivity index (χ1v) is 10.2. The predicted octanol–water partition coefficient (Wildman–Crippen LogP) is 2.12. The summed E-state index contributed by atoms with van der Waals surface area (Å²) in [5, 5.41) is 12.9. The van der Waals surface area contributed by atoms with Gasteiger partial charge >= 0.3 is 0 Å². The van der Waals surface area contributed by atoms with Crippen LogP contribution in [0.25, 0.3) is 10.6 Å². The lowest BCUT2D eigenvalue weighted by Gasteiger charge is -2.23. The molecule has 6 nitrogen and oxygen atoms in total. The molecule has 2 atom stereocenters. The molecule has 0 saturated heterocycles. The van der Waals surface area contributed by atoms with Crippen molar-refractivity contribution in [2.75, 3.05) is 23.5 Å². The standard InChI is InChI=1S/C16H21N3O3S2/c1-5-19(15(20)11(2)10-24(4)22)16-12(3)17-14(23-16)13-7-6-8-18(21)9-13/h6-9,11H,5,10H2,1-4H3. The number of pyridine rings is 1. The van der Waals surface area contributed by atoms with Gasteiger partial charge in [-0.1, -0.05) is 22.5 Å². The fourth-order valence-electron chi connectivity index (χ4n) is 2.43. The van der Waals surface area contributed by atoms with Gasteiger partial charge in [-0.25, -0.2) is 4.98 Å². The first-order chi connectivity index (χ1) is 11.3. The molecule has 2 aromatic rings. The number of aryl methyl sites for hydroxylation is 1. The van der Waals surface area contributed by atoms with Gasteiger partial charge in [-0.05, 0) is 26.8 Å². The highest BCUT2D eigenvalue weighted by Gasteiger charge is 2.27. The van der Waals surface area contributed by atoms with E-state index in [1.165, 1.54) is 23.7 Å². The average Bonchev–Trinajstić information content (AvgIpc) is 2.89. The number of hydrogen-bond acceptors (Lipinski definition) is 5. The van der Waals surface area contributed by atoms with E-state index in [1.54, 1.807) is 24.1 Å². The van der Waals surface area contributed by atoms with E-state index in [1.807, 2.05) is 19.9 Å². The SMILES string of the molecule is CCN(C(=O)C(C)C[S+](C)[O-])c1sc(-c2ccc[n+]([O-])c2)nc1C. The van der Waals surface area contributed by atoms with Crippen LogP contribution in [0, 0.1) is 18.0 Å². The van der Waals surface area contributed by atoms with Crippen molar-refractivity contribution in [2.24, 2.45) is 5.92 Å². The third-order valence-corrected chi connectivity index (χ3v) is 5.73. The summed E-state index contributed by atoms with van der Waals surface area (Å²) in [6.07, 6.45) is 4.48. The van der Waals surface area contributed by atoms with E-state index in [0.717, 1.165) is 21.0 Å². The zero-order chi connectivity index (χ0) is 17.9. The quantitative estimate of drug-likeness (QED) is 0.445. The van der Waals surface area contributed by atoms with Crippen molar-refractivity contribution >= 4 is 33.4 Å². The molecular weight excluding hydrogens is 346 g/mol. The van der Waals surface area contributed by atoms with Crippen molar-refractivity contribution in [1.82, 2.24) is 4.98 Å². The molecule has 0 radical (unpaired) electrons.